The van der Waals surface area contributed by atoms with E-state index in [-0.39, 0.29) is 29.8 Å². The number of piperidine rings is 1. The molecule has 15 heteroatoms. The molecule has 2 aliphatic rings. The van der Waals surface area contributed by atoms with E-state index in [9.17, 15) is 32.3 Å². The van der Waals surface area contributed by atoms with Gasteiger partial charge in [0, 0.05) is 92.8 Å². The normalized spacial score (nSPS) is 14.7. The van der Waals surface area contributed by atoms with Gasteiger partial charge in [0.1, 0.15) is 0 Å². The van der Waals surface area contributed by atoms with Crippen LogP contribution in [0.4, 0.5) is 24.5 Å². The standard InChI is InChI=1S/C45H51F3N6O5S/c1-32(55)52-19-7-20-54(22-21-52)42(56)15-23-59-24-25-60-31-34-9-5-10-35(26-34)44(58)51-40-13-12-38(53-17-3-2-4-18-53)29-39(40)41-28-36(14-16-49-41)43(57)50-30-33-8-6-11-37(27-33)45(46,47)48/h5-6,8-14,16,26-29H,2-4,7,15,17-25,30-31H2,1H3,(H,50,57)(H,51,58). The highest BCUT2D eigenvalue weighted by atomic mass is 32.2. The molecule has 4 amide bonds. The minimum absolute atomic E-state index is 0.0340. The third-order valence-electron chi connectivity index (χ3n) is 10.6. The van der Waals surface area contributed by atoms with E-state index in [4.69, 9.17) is 4.74 Å². The van der Waals surface area contributed by atoms with E-state index in [1.807, 2.05) is 41.3 Å². The Morgan fingerprint density at radius 3 is 2.32 bits per heavy atom. The van der Waals surface area contributed by atoms with Crippen LogP contribution in [0.25, 0.3) is 11.3 Å². The van der Waals surface area contributed by atoms with Gasteiger partial charge in [0.2, 0.25) is 11.8 Å². The molecule has 3 aromatic carbocycles. The van der Waals surface area contributed by atoms with Crippen LogP contribution < -0.4 is 15.5 Å². The van der Waals surface area contributed by atoms with Gasteiger partial charge in [0.05, 0.1) is 36.6 Å². The molecule has 0 bridgehead atoms. The van der Waals surface area contributed by atoms with Gasteiger partial charge in [-0.05, 0) is 91.4 Å². The summed E-state index contributed by atoms with van der Waals surface area (Å²) in [5, 5.41) is 5.78. The summed E-state index contributed by atoms with van der Waals surface area (Å²) in [4.78, 5) is 61.8. The van der Waals surface area contributed by atoms with Gasteiger partial charge in [-0.15, -0.1) is 0 Å². The maximum Gasteiger partial charge on any atom is 0.416 e. The summed E-state index contributed by atoms with van der Waals surface area (Å²) < 4.78 is 45.5. The summed E-state index contributed by atoms with van der Waals surface area (Å²) in [5.41, 5.74) is 3.81. The maximum absolute atomic E-state index is 13.7. The first-order valence-corrected chi connectivity index (χ1v) is 21.5. The lowest BCUT2D eigenvalue weighted by Gasteiger charge is -2.29. The zero-order chi connectivity index (χ0) is 42.5. The molecule has 318 valence electrons. The molecule has 1 aromatic heterocycles. The highest BCUT2D eigenvalue weighted by Gasteiger charge is 2.30. The molecule has 2 aliphatic heterocycles. The number of nitrogens with zero attached hydrogens (tertiary/aromatic N) is 4. The Bertz CT molecular complexity index is 2130. The average Bonchev–Trinajstić information content (AvgIpc) is 3.53. The predicted molar refractivity (Wildman–Crippen MR) is 228 cm³/mol. The second-order valence-corrected chi connectivity index (χ2v) is 16.0. The van der Waals surface area contributed by atoms with Gasteiger partial charge in [0.15, 0.2) is 0 Å². The maximum atomic E-state index is 13.7. The number of amides is 4. The Hall–Kier alpha value is -5.41. The van der Waals surface area contributed by atoms with E-state index in [2.05, 4.69) is 20.5 Å². The van der Waals surface area contributed by atoms with Gasteiger partial charge >= 0.3 is 6.18 Å². The van der Waals surface area contributed by atoms with E-state index in [1.165, 1.54) is 24.4 Å². The molecule has 0 atom stereocenters. The molecule has 60 heavy (non-hydrogen) atoms. The van der Waals surface area contributed by atoms with Crippen molar-refractivity contribution in [2.45, 2.75) is 57.5 Å². The van der Waals surface area contributed by atoms with Crippen LogP contribution in [-0.2, 0) is 32.8 Å². The molecule has 0 radical (unpaired) electrons. The van der Waals surface area contributed by atoms with Crippen molar-refractivity contribution in [2.24, 2.45) is 0 Å². The summed E-state index contributed by atoms with van der Waals surface area (Å²) >= 11 is 1.67. The van der Waals surface area contributed by atoms with Gasteiger partial charge in [0.25, 0.3) is 11.8 Å². The Morgan fingerprint density at radius 2 is 1.52 bits per heavy atom. The van der Waals surface area contributed by atoms with Crippen molar-refractivity contribution in [3.05, 3.63) is 113 Å². The van der Waals surface area contributed by atoms with Crippen LogP contribution in [0, 0.1) is 0 Å². The van der Waals surface area contributed by atoms with Crippen LogP contribution in [0.5, 0.6) is 0 Å². The van der Waals surface area contributed by atoms with Crippen LogP contribution in [0.2, 0.25) is 0 Å². The predicted octanol–water partition coefficient (Wildman–Crippen LogP) is 7.66. The lowest BCUT2D eigenvalue weighted by molar-refractivity contribution is -0.137. The van der Waals surface area contributed by atoms with E-state index >= 15 is 0 Å². The van der Waals surface area contributed by atoms with E-state index in [0.717, 1.165) is 62.2 Å². The van der Waals surface area contributed by atoms with Crippen LogP contribution in [0.1, 0.15) is 76.4 Å². The summed E-state index contributed by atoms with van der Waals surface area (Å²) in [7, 11) is 0. The van der Waals surface area contributed by atoms with Crippen LogP contribution in [-0.4, -0.2) is 96.6 Å². The van der Waals surface area contributed by atoms with Crippen molar-refractivity contribution in [1.29, 1.82) is 0 Å². The van der Waals surface area contributed by atoms with Crippen molar-refractivity contribution in [1.82, 2.24) is 20.1 Å². The number of rotatable bonds is 15. The fourth-order valence-electron chi connectivity index (χ4n) is 7.27. The quantitative estimate of drug-likeness (QED) is 0.117. The lowest BCUT2D eigenvalue weighted by Crippen LogP contribution is -2.36. The van der Waals surface area contributed by atoms with E-state index in [1.54, 1.807) is 35.7 Å². The number of aromatic nitrogens is 1. The largest absolute Gasteiger partial charge is 0.416 e. The fourth-order valence-corrected chi connectivity index (χ4v) is 8.06. The number of carbonyl (C=O) groups excluding carboxylic acids is 4. The molecule has 2 saturated heterocycles. The smallest absolute Gasteiger partial charge is 0.380 e. The summed E-state index contributed by atoms with van der Waals surface area (Å²) in [6.45, 7) is 6.49. The topological polar surface area (TPSA) is 124 Å². The first-order chi connectivity index (χ1) is 28.9. The van der Waals surface area contributed by atoms with Gasteiger partial charge < -0.3 is 30.1 Å². The molecule has 6 rings (SSSR count). The number of halogens is 3. The Morgan fingerprint density at radius 1 is 0.767 bits per heavy atom. The highest BCUT2D eigenvalue weighted by Crippen LogP contribution is 2.34. The van der Waals surface area contributed by atoms with E-state index in [0.29, 0.717) is 85.4 Å². The van der Waals surface area contributed by atoms with Crippen molar-refractivity contribution >= 4 is 46.8 Å². The molecule has 0 aliphatic carbocycles. The number of alkyl halides is 3. The third kappa shape index (κ3) is 12.6. The Labute approximate surface area is 353 Å². The number of benzene rings is 3. The van der Waals surface area contributed by atoms with Crippen molar-refractivity contribution in [3.63, 3.8) is 0 Å². The summed E-state index contributed by atoms with van der Waals surface area (Å²) in [6.07, 6.45) is 1.38. The summed E-state index contributed by atoms with van der Waals surface area (Å²) in [5.74, 6) is 0.659. The fraction of sp³-hybridized carbons (Fsp3) is 0.400. The van der Waals surface area contributed by atoms with Crippen LogP contribution in [0.15, 0.2) is 85.1 Å². The molecular formula is C45H51F3N6O5S. The van der Waals surface area contributed by atoms with E-state index < -0.39 is 17.6 Å². The minimum atomic E-state index is -4.49. The summed E-state index contributed by atoms with van der Waals surface area (Å²) in [6, 6.07) is 21.2. The molecule has 0 unspecified atom stereocenters. The Kier molecular flexibility index (Phi) is 15.6. The molecule has 11 nitrogen and oxygen atoms in total. The number of ether oxygens (including phenoxy) is 1. The van der Waals surface area contributed by atoms with Crippen molar-refractivity contribution < 1.29 is 37.1 Å². The first-order valence-electron chi connectivity index (χ1n) is 20.3. The lowest BCUT2D eigenvalue weighted by atomic mass is 10.0. The number of hydrogen-bond acceptors (Lipinski definition) is 8. The molecule has 2 fully saturated rings. The number of hydrogen-bond donors (Lipinski definition) is 2. The van der Waals surface area contributed by atoms with Crippen molar-refractivity contribution in [2.75, 3.05) is 68.5 Å². The minimum Gasteiger partial charge on any atom is -0.380 e. The second-order valence-electron chi connectivity index (χ2n) is 14.9. The second kappa shape index (κ2) is 21.2. The number of nitrogens with one attached hydrogen (secondary N) is 2. The van der Waals surface area contributed by atoms with Crippen LogP contribution >= 0.6 is 11.8 Å². The molecule has 0 spiro atoms. The highest BCUT2D eigenvalue weighted by molar-refractivity contribution is 7.98. The zero-order valence-electron chi connectivity index (χ0n) is 33.8. The number of thioether (sulfide) groups is 1. The molecular weight excluding hydrogens is 794 g/mol. The number of pyridine rings is 1. The van der Waals surface area contributed by atoms with Crippen LogP contribution in [0.3, 0.4) is 0 Å². The van der Waals surface area contributed by atoms with Gasteiger partial charge in [-0.3, -0.25) is 24.2 Å². The third-order valence-corrected chi connectivity index (χ3v) is 11.6. The number of anilines is 2. The average molecular weight is 845 g/mol. The van der Waals surface area contributed by atoms with Crippen molar-refractivity contribution in [3.8, 4) is 11.3 Å². The monoisotopic (exact) mass is 844 g/mol. The van der Waals surface area contributed by atoms with Gasteiger partial charge in [-0.2, -0.15) is 24.9 Å². The molecule has 4 aromatic rings. The molecule has 3 heterocycles. The zero-order valence-corrected chi connectivity index (χ0v) is 34.6. The SMILES string of the molecule is CC(=O)N1CCCN(C(=O)CCOCCSCc2cccc(C(=O)Nc3ccc(N4CCCCC4)cc3-c3cc(C(=O)NCc4cccc(C(F)(F)F)c4)ccn3)c2)CC1. The molecule has 0 saturated carbocycles. The number of carbonyl (C=O) groups is 4. The van der Waals surface area contributed by atoms with Gasteiger partial charge in [-0.1, -0.05) is 24.3 Å². The van der Waals surface area contributed by atoms with Gasteiger partial charge in [-0.25, -0.2) is 0 Å². The first kappa shape index (κ1) is 44.2. The molecule has 2 N–H and O–H groups in total. The Balaban J connectivity index is 1.05.